The first kappa shape index (κ1) is 14.4. The molecule has 1 aliphatic rings. The molecule has 0 amide bonds. The fraction of sp³-hybridized carbons (Fsp3) is 0.267. The molecule has 0 unspecified atom stereocenters. The highest BCUT2D eigenvalue weighted by molar-refractivity contribution is 5.90. The summed E-state index contributed by atoms with van der Waals surface area (Å²) in [4.78, 5) is 5.15. The van der Waals surface area contributed by atoms with E-state index in [9.17, 15) is 0 Å². The summed E-state index contributed by atoms with van der Waals surface area (Å²) < 4.78 is 5.88. The number of benzene rings is 1. The molecule has 0 aromatic heterocycles. The van der Waals surface area contributed by atoms with Crippen LogP contribution in [0, 0.1) is 22.8 Å². The van der Waals surface area contributed by atoms with Gasteiger partial charge in [-0.05, 0) is 38.1 Å². The maximum absolute atomic E-state index is 9.04. The van der Waals surface area contributed by atoms with E-state index in [0.717, 1.165) is 11.3 Å². The number of guanidine groups is 1. The lowest BCUT2D eigenvalue weighted by Gasteiger charge is -2.34. The molecule has 2 N–H and O–H groups in total. The molecule has 0 saturated heterocycles. The van der Waals surface area contributed by atoms with E-state index in [2.05, 4.69) is 11.1 Å². The number of ether oxygens (including phenoxy) is 1. The third kappa shape index (κ3) is 2.80. The Bertz CT molecular complexity index is 719. The number of fused-ring (bicyclic) bond motifs is 1. The Kier molecular flexibility index (Phi) is 3.56. The molecule has 6 nitrogen and oxygen atoms in total. The summed E-state index contributed by atoms with van der Waals surface area (Å²) in [5.74, 6) is 0.739. The number of aliphatic imine (C=N–C) groups is 1. The molecule has 1 aliphatic heterocycles. The molecule has 1 heterocycles. The van der Waals surface area contributed by atoms with Crippen molar-refractivity contribution in [3.8, 4) is 18.0 Å². The van der Waals surface area contributed by atoms with Crippen LogP contribution in [0.3, 0.4) is 0 Å². The molecule has 0 atom stereocenters. The Morgan fingerprint density at radius 2 is 2.10 bits per heavy atom. The molecule has 0 fully saturated rings. The van der Waals surface area contributed by atoms with E-state index < -0.39 is 5.60 Å². The second-order valence-corrected chi connectivity index (χ2v) is 5.19. The Balaban J connectivity index is 2.59. The maximum atomic E-state index is 9.04. The van der Waals surface area contributed by atoms with Gasteiger partial charge in [-0.1, -0.05) is 0 Å². The SMILES string of the molecule is CN(C1=CC(C)(C)Oc2ccc(C#N)cc21)C(N)=NC#N. The van der Waals surface area contributed by atoms with Gasteiger partial charge in [0.15, 0.2) is 0 Å². The van der Waals surface area contributed by atoms with Gasteiger partial charge in [0.2, 0.25) is 12.2 Å². The van der Waals surface area contributed by atoms with Crippen LogP contribution >= 0.6 is 0 Å². The van der Waals surface area contributed by atoms with Crippen LogP contribution in [0.5, 0.6) is 5.75 Å². The summed E-state index contributed by atoms with van der Waals surface area (Å²) in [5, 5.41) is 17.7. The minimum absolute atomic E-state index is 0.0785. The molecule has 0 bridgehead atoms. The summed E-state index contributed by atoms with van der Waals surface area (Å²) in [5.41, 5.74) is 7.26. The molecule has 2 rings (SSSR count). The number of nitriles is 2. The standard InChI is InChI=1S/C15H15N5O/c1-15(2)7-12(20(3)14(18)19-9-17)11-6-10(8-16)4-5-13(11)21-15/h4-7H,1-3H3,(H2,18,19). The van der Waals surface area contributed by atoms with Crippen molar-refractivity contribution < 1.29 is 4.74 Å². The van der Waals surface area contributed by atoms with Gasteiger partial charge in [-0.3, -0.25) is 0 Å². The van der Waals surface area contributed by atoms with Crippen molar-refractivity contribution in [1.29, 1.82) is 10.5 Å². The minimum Gasteiger partial charge on any atom is -0.483 e. The van der Waals surface area contributed by atoms with E-state index in [1.807, 2.05) is 19.9 Å². The summed E-state index contributed by atoms with van der Waals surface area (Å²) in [6, 6.07) is 7.28. The van der Waals surface area contributed by atoms with Gasteiger partial charge in [0.05, 0.1) is 17.3 Å². The molecular weight excluding hydrogens is 266 g/mol. The predicted molar refractivity (Wildman–Crippen MR) is 78.8 cm³/mol. The van der Waals surface area contributed by atoms with E-state index in [1.165, 1.54) is 0 Å². The summed E-state index contributed by atoms with van der Waals surface area (Å²) in [7, 11) is 1.71. The van der Waals surface area contributed by atoms with Gasteiger partial charge < -0.3 is 15.4 Å². The average molecular weight is 281 g/mol. The maximum Gasteiger partial charge on any atom is 0.211 e. The highest BCUT2D eigenvalue weighted by Gasteiger charge is 2.29. The van der Waals surface area contributed by atoms with Crippen LogP contribution in [0.4, 0.5) is 0 Å². The van der Waals surface area contributed by atoms with Crippen LogP contribution < -0.4 is 10.5 Å². The molecular formula is C15H15N5O. The first-order chi connectivity index (χ1) is 9.88. The van der Waals surface area contributed by atoms with Crippen molar-refractivity contribution in [3.63, 3.8) is 0 Å². The molecule has 106 valence electrons. The Morgan fingerprint density at radius 3 is 2.71 bits per heavy atom. The van der Waals surface area contributed by atoms with Crippen molar-refractivity contribution in [1.82, 2.24) is 4.90 Å². The topological polar surface area (TPSA) is 98.4 Å². The Hall–Kier alpha value is -2.99. The fourth-order valence-electron chi connectivity index (χ4n) is 2.14. The van der Waals surface area contributed by atoms with Crippen molar-refractivity contribution in [2.75, 3.05) is 7.05 Å². The van der Waals surface area contributed by atoms with Crippen LogP contribution in [-0.2, 0) is 0 Å². The highest BCUT2D eigenvalue weighted by Crippen LogP contribution is 2.37. The van der Waals surface area contributed by atoms with E-state index >= 15 is 0 Å². The average Bonchev–Trinajstić information content (AvgIpc) is 2.44. The monoisotopic (exact) mass is 281 g/mol. The summed E-state index contributed by atoms with van der Waals surface area (Å²) >= 11 is 0. The number of nitrogens with two attached hydrogens (primary N) is 1. The normalized spacial score (nSPS) is 15.9. The number of rotatable bonds is 1. The number of hydrogen-bond acceptors (Lipinski definition) is 4. The van der Waals surface area contributed by atoms with Gasteiger partial charge in [0.25, 0.3) is 0 Å². The highest BCUT2D eigenvalue weighted by atomic mass is 16.5. The fourth-order valence-corrected chi connectivity index (χ4v) is 2.14. The van der Waals surface area contributed by atoms with Gasteiger partial charge in [0, 0.05) is 12.6 Å². The first-order valence-electron chi connectivity index (χ1n) is 6.30. The molecule has 0 aliphatic carbocycles. The quantitative estimate of drug-likeness (QED) is 0.480. The summed E-state index contributed by atoms with van der Waals surface area (Å²) in [6.07, 6.45) is 3.55. The lowest BCUT2D eigenvalue weighted by atomic mass is 9.97. The largest absolute Gasteiger partial charge is 0.483 e. The van der Waals surface area contributed by atoms with Gasteiger partial charge in [-0.2, -0.15) is 10.5 Å². The van der Waals surface area contributed by atoms with Crippen molar-refractivity contribution in [2.45, 2.75) is 19.4 Å². The molecule has 1 aromatic rings. The third-order valence-corrected chi connectivity index (χ3v) is 3.11. The zero-order valence-corrected chi connectivity index (χ0v) is 12.1. The van der Waals surface area contributed by atoms with Crippen molar-refractivity contribution in [2.24, 2.45) is 10.7 Å². The molecule has 1 aromatic carbocycles. The van der Waals surface area contributed by atoms with Gasteiger partial charge in [-0.25, -0.2) is 0 Å². The van der Waals surface area contributed by atoms with E-state index in [-0.39, 0.29) is 5.96 Å². The van der Waals surface area contributed by atoms with Crippen LogP contribution in [0.2, 0.25) is 0 Å². The minimum atomic E-state index is -0.530. The number of nitrogens with zero attached hydrogens (tertiary/aromatic N) is 4. The number of hydrogen-bond donors (Lipinski definition) is 1. The van der Waals surface area contributed by atoms with E-state index in [4.69, 9.17) is 21.0 Å². The molecule has 0 radical (unpaired) electrons. The van der Waals surface area contributed by atoms with Crippen LogP contribution in [0.25, 0.3) is 5.70 Å². The lowest BCUT2D eigenvalue weighted by molar-refractivity contribution is 0.156. The van der Waals surface area contributed by atoms with Crippen molar-refractivity contribution >= 4 is 11.7 Å². The second-order valence-electron chi connectivity index (χ2n) is 5.19. The molecule has 21 heavy (non-hydrogen) atoms. The van der Waals surface area contributed by atoms with Crippen LogP contribution in [0.1, 0.15) is 25.0 Å². The van der Waals surface area contributed by atoms with Gasteiger partial charge >= 0.3 is 0 Å². The zero-order chi connectivity index (χ0) is 15.6. The van der Waals surface area contributed by atoms with Crippen molar-refractivity contribution in [3.05, 3.63) is 35.4 Å². The first-order valence-corrected chi connectivity index (χ1v) is 6.30. The van der Waals surface area contributed by atoms with Crippen LogP contribution in [-0.4, -0.2) is 23.5 Å². The Labute approximate surface area is 123 Å². The molecule has 0 saturated carbocycles. The smallest absolute Gasteiger partial charge is 0.211 e. The van der Waals surface area contributed by atoms with E-state index in [1.54, 1.807) is 36.3 Å². The van der Waals surface area contributed by atoms with Gasteiger partial charge in [0.1, 0.15) is 11.4 Å². The Morgan fingerprint density at radius 1 is 1.38 bits per heavy atom. The second kappa shape index (κ2) is 5.18. The molecule has 0 spiro atoms. The van der Waals surface area contributed by atoms with E-state index in [0.29, 0.717) is 11.3 Å². The summed E-state index contributed by atoms with van der Waals surface area (Å²) in [6.45, 7) is 3.83. The van der Waals surface area contributed by atoms with Crippen LogP contribution in [0.15, 0.2) is 29.3 Å². The zero-order valence-electron chi connectivity index (χ0n) is 12.1. The van der Waals surface area contributed by atoms with Gasteiger partial charge in [-0.15, -0.1) is 4.99 Å². The lowest BCUT2D eigenvalue weighted by Crippen LogP contribution is -2.37. The predicted octanol–water partition coefficient (Wildman–Crippen LogP) is 1.80. The third-order valence-electron chi connectivity index (χ3n) is 3.11. The molecule has 6 heteroatoms.